The van der Waals surface area contributed by atoms with E-state index in [4.69, 9.17) is 9.73 Å². The van der Waals surface area contributed by atoms with Gasteiger partial charge in [0.1, 0.15) is 0 Å². The first kappa shape index (κ1) is 19.7. The Morgan fingerprint density at radius 3 is 2.52 bits per heavy atom. The van der Waals surface area contributed by atoms with Gasteiger partial charge in [0.25, 0.3) is 0 Å². The van der Waals surface area contributed by atoms with Crippen LogP contribution in [0.1, 0.15) is 51.6 Å². The third-order valence-electron chi connectivity index (χ3n) is 4.70. The van der Waals surface area contributed by atoms with Crippen LogP contribution in [0.25, 0.3) is 0 Å². The lowest BCUT2D eigenvalue weighted by molar-refractivity contribution is 0.0374. The van der Waals surface area contributed by atoms with Crippen molar-refractivity contribution in [3.63, 3.8) is 0 Å². The standard InChI is InChI=1S/C20H34N4O/c1-4-13-22-19(21-5-2)23-16-20(11-14-25-15-12-20)24-17(3)18-9-7-6-8-10-18/h6-10,17,24H,4-5,11-16H2,1-3H3,(H2,21,22,23). The average molecular weight is 347 g/mol. The largest absolute Gasteiger partial charge is 0.381 e. The topological polar surface area (TPSA) is 57.7 Å². The fourth-order valence-corrected chi connectivity index (χ4v) is 3.21. The molecule has 0 amide bonds. The Balaban J connectivity index is 2.08. The van der Waals surface area contributed by atoms with E-state index in [1.165, 1.54) is 5.56 Å². The van der Waals surface area contributed by atoms with E-state index in [0.29, 0.717) is 6.04 Å². The Labute approximate surface area is 152 Å². The molecule has 1 saturated heterocycles. The fourth-order valence-electron chi connectivity index (χ4n) is 3.21. The van der Waals surface area contributed by atoms with E-state index >= 15 is 0 Å². The Morgan fingerprint density at radius 2 is 1.88 bits per heavy atom. The zero-order valence-electron chi connectivity index (χ0n) is 16.0. The predicted molar refractivity (Wildman–Crippen MR) is 105 cm³/mol. The van der Waals surface area contributed by atoms with Crippen molar-refractivity contribution in [3.05, 3.63) is 35.9 Å². The van der Waals surface area contributed by atoms with Gasteiger partial charge in [-0.15, -0.1) is 0 Å². The molecule has 0 spiro atoms. The number of hydrogen-bond donors (Lipinski definition) is 3. The van der Waals surface area contributed by atoms with E-state index in [-0.39, 0.29) is 5.54 Å². The molecule has 0 bridgehead atoms. The van der Waals surface area contributed by atoms with Gasteiger partial charge in [0.2, 0.25) is 0 Å². The summed E-state index contributed by atoms with van der Waals surface area (Å²) in [4.78, 5) is 4.87. The van der Waals surface area contributed by atoms with Gasteiger partial charge in [0.05, 0.1) is 6.54 Å². The minimum Gasteiger partial charge on any atom is -0.381 e. The van der Waals surface area contributed by atoms with Gasteiger partial charge in [-0.2, -0.15) is 0 Å². The van der Waals surface area contributed by atoms with Crippen molar-refractivity contribution in [3.8, 4) is 0 Å². The number of rotatable bonds is 8. The van der Waals surface area contributed by atoms with Gasteiger partial charge in [0, 0.05) is 37.9 Å². The zero-order chi connectivity index (χ0) is 18.0. The molecular formula is C20H34N4O. The van der Waals surface area contributed by atoms with Crippen molar-refractivity contribution < 1.29 is 4.74 Å². The highest BCUT2D eigenvalue weighted by atomic mass is 16.5. The van der Waals surface area contributed by atoms with Crippen LogP contribution in [0.15, 0.2) is 35.3 Å². The van der Waals surface area contributed by atoms with Crippen molar-refractivity contribution in [2.45, 2.75) is 51.6 Å². The van der Waals surface area contributed by atoms with E-state index in [0.717, 1.165) is 58.1 Å². The average Bonchev–Trinajstić information content (AvgIpc) is 2.65. The molecule has 0 aromatic heterocycles. The van der Waals surface area contributed by atoms with Crippen molar-refractivity contribution in [2.24, 2.45) is 4.99 Å². The molecule has 1 aromatic carbocycles. The highest BCUT2D eigenvalue weighted by molar-refractivity contribution is 5.79. The Kier molecular flexibility index (Phi) is 8.22. The molecular weight excluding hydrogens is 312 g/mol. The Hall–Kier alpha value is -1.59. The van der Waals surface area contributed by atoms with Crippen LogP contribution in [-0.2, 0) is 4.74 Å². The van der Waals surface area contributed by atoms with Crippen LogP contribution in [0.3, 0.4) is 0 Å². The third kappa shape index (κ3) is 6.33. The molecule has 0 saturated carbocycles. The lowest BCUT2D eigenvalue weighted by Crippen LogP contribution is -2.53. The smallest absolute Gasteiger partial charge is 0.191 e. The van der Waals surface area contributed by atoms with Crippen LogP contribution in [0.5, 0.6) is 0 Å². The molecule has 1 heterocycles. The second-order valence-electron chi connectivity index (χ2n) is 6.79. The summed E-state index contributed by atoms with van der Waals surface area (Å²) >= 11 is 0. The highest BCUT2D eigenvalue weighted by Gasteiger charge is 2.33. The summed E-state index contributed by atoms with van der Waals surface area (Å²) in [7, 11) is 0. The van der Waals surface area contributed by atoms with Crippen molar-refractivity contribution in [2.75, 3.05) is 32.8 Å². The summed E-state index contributed by atoms with van der Waals surface area (Å²) in [5, 5.41) is 10.6. The third-order valence-corrected chi connectivity index (χ3v) is 4.70. The molecule has 1 aliphatic heterocycles. The molecule has 0 radical (unpaired) electrons. The van der Waals surface area contributed by atoms with E-state index < -0.39 is 0 Å². The molecule has 2 rings (SSSR count). The number of nitrogens with zero attached hydrogens (tertiary/aromatic N) is 1. The van der Waals surface area contributed by atoms with Crippen molar-refractivity contribution in [1.82, 2.24) is 16.0 Å². The van der Waals surface area contributed by atoms with E-state index in [1.807, 2.05) is 0 Å². The molecule has 5 nitrogen and oxygen atoms in total. The SMILES string of the molecule is CCCNC(=NCC1(NC(C)c2ccccc2)CCOCC1)NCC. The summed E-state index contributed by atoms with van der Waals surface area (Å²) in [5.74, 6) is 0.907. The molecule has 1 fully saturated rings. The second-order valence-corrected chi connectivity index (χ2v) is 6.79. The second kappa shape index (κ2) is 10.4. The summed E-state index contributed by atoms with van der Waals surface area (Å²) in [6.07, 6.45) is 3.06. The minimum atomic E-state index is -0.0118. The van der Waals surface area contributed by atoms with Crippen LogP contribution >= 0.6 is 0 Å². The fraction of sp³-hybridized carbons (Fsp3) is 0.650. The quantitative estimate of drug-likeness (QED) is 0.500. The Morgan fingerprint density at radius 1 is 1.16 bits per heavy atom. The first-order valence-corrected chi connectivity index (χ1v) is 9.61. The maximum atomic E-state index is 5.61. The number of ether oxygens (including phenoxy) is 1. The first-order chi connectivity index (χ1) is 12.2. The van der Waals surface area contributed by atoms with E-state index in [2.05, 4.69) is 67.1 Å². The summed E-state index contributed by atoms with van der Waals surface area (Å²) in [6, 6.07) is 10.9. The van der Waals surface area contributed by atoms with Crippen LogP contribution in [0.2, 0.25) is 0 Å². The van der Waals surface area contributed by atoms with Crippen LogP contribution < -0.4 is 16.0 Å². The van der Waals surface area contributed by atoms with Gasteiger partial charge in [-0.05, 0) is 38.7 Å². The van der Waals surface area contributed by atoms with Gasteiger partial charge in [0.15, 0.2) is 5.96 Å². The van der Waals surface area contributed by atoms with Gasteiger partial charge < -0.3 is 20.7 Å². The highest BCUT2D eigenvalue weighted by Crippen LogP contribution is 2.25. The predicted octanol–water partition coefficient (Wildman–Crippen LogP) is 2.85. The van der Waals surface area contributed by atoms with Gasteiger partial charge in [-0.25, -0.2) is 0 Å². The zero-order valence-corrected chi connectivity index (χ0v) is 16.0. The van der Waals surface area contributed by atoms with E-state index in [9.17, 15) is 0 Å². The molecule has 25 heavy (non-hydrogen) atoms. The van der Waals surface area contributed by atoms with E-state index in [1.54, 1.807) is 0 Å². The lowest BCUT2D eigenvalue weighted by atomic mass is 9.88. The van der Waals surface area contributed by atoms with Gasteiger partial charge in [-0.1, -0.05) is 37.3 Å². The molecule has 1 unspecified atom stereocenters. The molecule has 140 valence electrons. The normalized spacial score (nSPS) is 18.6. The maximum absolute atomic E-state index is 5.61. The monoisotopic (exact) mass is 346 g/mol. The number of nitrogens with one attached hydrogen (secondary N) is 3. The van der Waals surface area contributed by atoms with Crippen molar-refractivity contribution in [1.29, 1.82) is 0 Å². The molecule has 0 aliphatic carbocycles. The van der Waals surface area contributed by atoms with Crippen LogP contribution in [0, 0.1) is 0 Å². The van der Waals surface area contributed by atoms with Gasteiger partial charge >= 0.3 is 0 Å². The van der Waals surface area contributed by atoms with Crippen LogP contribution in [0.4, 0.5) is 0 Å². The van der Waals surface area contributed by atoms with Crippen LogP contribution in [-0.4, -0.2) is 44.3 Å². The van der Waals surface area contributed by atoms with Crippen molar-refractivity contribution >= 4 is 5.96 Å². The maximum Gasteiger partial charge on any atom is 0.191 e. The molecule has 1 atom stereocenters. The summed E-state index contributed by atoms with van der Waals surface area (Å²) < 4.78 is 5.61. The van der Waals surface area contributed by atoms with Gasteiger partial charge in [-0.3, -0.25) is 4.99 Å². The minimum absolute atomic E-state index is 0.0118. The molecule has 5 heteroatoms. The molecule has 1 aromatic rings. The Bertz CT molecular complexity index is 512. The lowest BCUT2D eigenvalue weighted by Gasteiger charge is -2.39. The number of benzene rings is 1. The summed E-state index contributed by atoms with van der Waals surface area (Å²) in [6.45, 7) is 10.7. The number of guanidine groups is 1. The molecule has 3 N–H and O–H groups in total. The number of hydrogen-bond acceptors (Lipinski definition) is 3. The molecule has 1 aliphatic rings. The number of aliphatic imine (C=N–C) groups is 1. The first-order valence-electron chi connectivity index (χ1n) is 9.61. The summed E-state index contributed by atoms with van der Waals surface area (Å²) in [5.41, 5.74) is 1.30.